The summed E-state index contributed by atoms with van der Waals surface area (Å²) in [6, 6.07) is 1.94. The quantitative estimate of drug-likeness (QED) is 0.782. The van der Waals surface area contributed by atoms with E-state index in [4.69, 9.17) is 4.42 Å². The van der Waals surface area contributed by atoms with Gasteiger partial charge in [0.05, 0.1) is 11.9 Å². The predicted molar refractivity (Wildman–Crippen MR) is 59.6 cm³/mol. The molecule has 3 heteroatoms. The molecule has 1 heterocycles. The highest BCUT2D eigenvalue weighted by molar-refractivity contribution is 7.99. The third kappa shape index (κ3) is 2.79. The van der Waals surface area contributed by atoms with Crippen molar-refractivity contribution in [1.82, 2.24) is 0 Å². The largest absolute Gasteiger partial charge is 0.468 e. The van der Waals surface area contributed by atoms with E-state index in [0.717, 1.165) is 10.7 Å². The highest BCUT2D eigenvalue weighted by atomic mass is 32.2. The van der Waals surface area contributed by atoms with E-state index in [1.54, 1.807) is 18.0 Å². The lowest BCUT2D eigenvalue weighted by atomic mass is 9.95. The zero-order valence-corrected chi connectivity index (χ0v) is 10.0. The van der Waals surface area contributed by atoms with Crippen molar-refractivity contribution < 1.29 is 9.52 Å². The first-order valence-electron chi connectivity index (χ1n) is 4.83. The van der Waals surface area contributed by atoms with Crippen LogP contribution in [0.2, 0.25) is 0 Å². The molecule has 1 aromatic rings. The molecule has 0 fully saturated rings. The van der Waals surface area contributed by atoms with E-state index in [0.29, 0.717) is 5.75 Å². The van der Waals surface area contributed by atoms with Crippen molar-refractivity contribution in [3.8, 4) is 0 Å². The third-order valence-corrected chi connectivity index (χ3v) is 4.04. The van der Waals surface area contributed by atoms with Gasteiger partial charge in [0.25, 0.3) is 0 Å². The minimum absolute atomic E-state index is 0.266. The van der Waals surface area contributed by atoms with Gasteiger partial charge < -0.3 is 9.52 Å². The van der Waals surface area contributed by atoms with Crippen LogP contribution in [0, 0.1) is 12.8 Å². The number of aliphatic hydroxyl groups is 1. The van der Waals surface area contributed by atoms with Crippen molar-refractivity contribution in [3.63, 3.8) is 0 Å². The Labute approximate surface area is 89.7 Å². The molecular formula is C11H18O2S. The van der Waals surface area contributed by atoms with Gasteiger partial charge in [-0.3, -0.25) is 0 Å². The lowest BCUT2D eigenvalue weighted by Crippen LogP contribution is -2.33. The van der Waals surface area contributed by atoms with Gasteiger partial charge in [-0.15, -0.1) is 11.8 Å². The van der Waals surface area contributed by atoms with Crippen LogP contribution >= 0.6 is 11.8 Å². The second kappa shape index (κ2) is 4.41. The predicted octanol–water partition coefficient (Wildman–Crippen LogP) is 3.09. The van der Waals surface area contributed by atoms with Crippen molar-refractivity contribution in [2.45, 2.75) is 38.2 Å². The van der Waals surface area contributed by atoms with Crippen molar-refractivity contribution >= 4 is 11.8 Å². The summed E-state index contributed by atoms with van der Waals surface area (Å²) in [4.78, 5) is 1.12. The molecule has 0 spiro atoms. The van der Waals surface area contributed by atoms with Crippen LogP contribution in [0.1, 0.15) is 26.5 Å². The molecule has 14 heavy (non-hydrogen) atoms. The molecular weight excluding hydrogens is 196 g/mol. The summed E-state index contributed by atoms with van der Waals surface area (Å²) in [6.45, 7) is 7.87. The average Bonchev–Trinajstić information content (AvgIpc) is 2.47. The van der Waals surface area contributed by atoms with Gasteiger partial charge in [-0.25, -0.2) is 0 Å². The molecule has 1 atom stereocenters. The molecule has 0 bridgehead atoms. The molecule has 1 N–H and O–H groups in total. The van der Waals surface area contributed by atoms with Crippen LogP contribution in [0.5, 0.6) is 0 Å². The number of hydrogen-bond acceptors (Lipinski definition) is 3. The molecule has 80 valence electrons. The standard InChI is InChI=1S/C11H18O2S/c1-8(2)11(4,12)7-14-10-5-6-13-9(10)3/h5-6,8,12H,7H2,1-4H3. The van der Waals surface area contributed by atoms with E-state index >= 15 is 0 Å². The monoisotopic (exact) mass is 214 g/mol. The van der Waals surface area contributed by atoms with Gasteiger partial charge in [0.1, 0.15) is 5.76 Å². The number of furan rings is 1. The molecule has 0 radical (unpaired) electrons. The fraction of sp³-hybridized carbons (Fsp3) is 0.636. The molecule has 1 aromatic heterocycles. The van der Waals surface area contributed by atoms with Gasteiger partial charge in [-0.1, -0.05) is 13.8 Å². The van der Waals surface area contributed by atoms with E-state index in [9.17, 15) is 5.11 Å². The summed E-state index contributed by atoms with van der Waals surface area (Å²) in [5, 5.41) is 10.0. The van der Waals surface area contributed by atoms with Crippen LogP contribution in [0.3, 0.4) is 0 Å². The van der Waals surface area contributed by atoms with E-state index in [2.05, 4.69) is 0 Å². The van der Waals surface area contributed by atoms with E-state index < -0.39 is 5.60 Å². The molecule has 0 aliphatic carbocycles. The molecule has 0 saturated carbocycles. The number of thioether (sulfide) groups is 1. The number of hydrogen-bond donors (Lipinski definition) is 1. The Morgan fingerprint density at radius 1 is 1.57 bits per heavy atom. The molecule has 0 aliphatic heterocycles. The topological polar surface area (TPSA) is 33.4 Å². The fourth-order valence-corrected chi connectivity index (χ4v) is 2.10. The SMILES string of the molecule is Cc1occc1SCC(C)(O)C(C)C. The molecule has 0 saturated heterocycles. The average molecular weight is 214 g/mol. The van der Waals surface area contributed by atoms with E-state index in [1.807, 2.05) is 33.8 Å². The van der Waals surface area contributed by atoms with Crippen LogP contribution in [-0.4, -0.2) is 16.5 Å². The Hall–Kier alpha value is -0.410. The molecule has 0 aliphatic rings. The summed E-state index contributed by atoms with van der Waals surface area (Å²) in [5.74, 6) is 1.89. The van der Waals surface area contributed by atoms with Crippen molar-refractivity contribution in [2.75, 3.05) is 5.75 Å². The normalized spacial score (nSPS) is 15.9. The van der Waals surface area contributed by atoms with Crippen LogP contribution in [-0.2, 0) is 0 Å². The Bertz CT molecular complexity index is 289. The molecule has 1 rings (SSSR count). The minimum atomic E-state index is -0.617. The Balaban J connectivity index is 2.53. The maximum absolute atomic E-state index is 10.0. The van der Waals surface area contributed by atoms with Crippen molar-refractivity contribution in [1.29, 1.82) is 0 Å². The van der Waals surface area contributed by atoms with Crippen LogP contribution in [0.25, 0.3) is 0 Å². The summed E-state index contributed by atoms with van der Waals surface area (Å²) in [7, 11) is 0. The lowest BCUT2D eigenvalue weighted by molar-refractivity contribution is 0.0376. The van der Waals surface area contributed by atoms with Crippen LogP contribution in [0.4, 0.5) is 0 Å². The number of aryl methyl sites for hydroxylation is 1. The smallest absolute Gasteiger partial charge is 0.114 e. The first kappa shape index (κ1) is 11.7. The maximum Gasteiger partial charge on any atom is 0.114 e. The van der Waals surface area contributed by atoms with Crippen LogP contribution < -0.4 is 0 Å². The zero-order chi connectivity index (χ0) is 10.8. The zero-order valence-electron chi connectivity index (χ0n) is 9.20. The van der Waals surface area contributed by atoms with Gasteiger partial charge in [0.15, 0.2) is 0 Å². The maximum atomic E-state index is 10.0. The van der Waals surface area contributed by atoms with Gasteiger partial charge in [0.2, 0.25) is 0 Å². The van der Waals surface area contributed by atoms with E-state index in [-0.39, 0.29) is 5.92 Å². The summed E-state index contributed by atoms with van der Waals surface area (Å²) in [6.07, 6.45) is 1.68. The van der Waals surface area contributed by atoms with Gasteiger partial charge >= 0.3 is 0 Å². The van der Waals surface area contributed by atoms with Crippen molar-refractivity contribution in [3.05, 3.63) is 18.1 Å². The third-order valence-electron chi connectivity index (χ3n) is 2.57. The summed E-state index contributed by atoms with van der Waals surface area (Å²) in [5.41, 5.74) is -0.617. The second-order valence-electron chi connectivity index (χ2n) is 4.14. The van der Waals surface area contributed by atoms with Gasteiger partial charge in [-0.2, -0.15) is 0 Å². The minimum Gasteiger partial charge on any atom is -0.468 e. The summed E-state index contributed by atoms with van der Waals surface area (Å²) >= 11 is 1.65. The lowest BCUT2D eigenvalue weighted by Gasteiger charge is -2.26. The number of rotatable bonds is 4. The highest BCUT2D eigenvalue weighted by Crippen LogP contribution is 2.29. The van der Waals surface area contributed by atoms with Crippen LogP contribution in [0.15, 0.2) is 21.6 Å². The molecule has 1 unspecified atom stereocenters. The Kier molecular flexibility index (Phi) is 3.67. The van der Waals surface area contributed by atoms with Gasteiger partial charge in [-0.05, 0) is 25.8 Å². The summed E-state index contributed by atoms with van der Waals surface area (Å²) < 4.78 is 5.19. The first-order chi connectivity index (χ1) is 6.43. The molecule has 0 aromatic carbocycles. The van der Waals surface area contributed by atoms with Crippen molar-refractivity contribution in [2.24, 2.45) is 5.92 Å². The second-order valence-corrected chi connectivity index (χ2v) is 5.16. The Morgan fingerprint density at radius 3 is 2.64 bits per heavy atom. The first-order valence-corrected chi connectivity index (χ1v) is 5.81. The fourth-order valence-electron chi connectivity index (χ4n) is 0.914. The molecule has 2 nitrogen and oxygen atoms in total. The Morgan fingerprint density at radius 2 is 2.21 bits per heavy atom. The molecule has 0 amide bonds. The van der Waals surface area contributed by atoms with E-state index in [1.165, 1.54) is 0 Å². The van der Waals surface area contributed by atoms with Gasteiger partial charge in [0, 0.05) is 10.6 Å². The highest BCUT2D eigenvalue weighted by Gasteiger charge is 2.25.